The molecule has 0 aliphatic carbocycles. The maximum atomic E-state index is 11.0. The lowest BCUT2D eigenvalue weighted by Crippen LogP contribution is -2.50. The van der Waals surface area contributed by atoms with Gasteiger partial charge in [-0.1, -0.05) is 52.6 Å². The van der Waals surface area contributed by atoms with Crippen molar-refractivity contribution >= 4 is 14.0 Å². The first-order valence-corrected chi connectivity index (χ1v) is 9.12. The van der Waals surface area contributed by atoms with E-state index >= 15 is 0 Å². The molecule has 0 aliphatic heterocycles. The largest absolute Gasteiger partial charge is 0.480 e. The normalized spacial score (nSPS) is 19.1. The van der Waals surface area contributed by atoms with E-state index in [4.69, 9.17) is 10.8 Å². The highest BCUT2D eigenvalue weighted by Gasteiger charge is 2.36. The van der Waals surface area contributed by atoms with Crippen LogP contribution in [0.3, 0.4) is 0 Å². The molecule has 0 aromatic heterocycles. The van der Waals surface area contributed by atoms with Crippen molar-refractivity contribution in [1.29, 1.82) is 0 Å². The molecule has 0 amide bonds. The Bertz CT molecular complexity index is 314. The molecule has 0 aromatic rings. The summed E-state index contributed by atoms with van der Waals surface area (Å²) in [5.41, 5.74) is 6.82. The van der Waals surface area contributed by atoms with Gasteiger partial charge in [-0.15, -0.1) is 0 Å². The van der Waals surface area contributed by atoms with E-state index in [-0.39, 0.29) is 11.0 Å². The van der Waals surface area contributed by atoms with Gasteiger partial charge in [-0.25, -0.2) is 0 Å². The van der Waals surface area contributed by atoms with Gasteiger partial charge in [0.15, 0.2) is 0 Å². The van der Waals surface area contributed by atoms with Crippen LogP contribution in [-0.2, 0) is 4.79 Å². The summed E-state index contributed by atoms with van der Waals surface area (Å²) in [4.78, 5) is 11.0. The fourth-order valence-electron chi connectivity index (χ4n) is 1.03. The number of hydrogen-bond donors (Lipinski definition) is 2. The van der Waals surface area contributed by atoms with E-state index in [1.165, 1.54) is 0 Å². The van der Waals surface area contributed by atoms with Crippen LogP contribution in [-0.4, -0.2) is 24.7 Å². The lowest BCUT2D eigenvalue weighted by molar-refractivity contribution is -0.143. The van der Waals surface area contributed by atoms with Gasteiger partial charge in [0.2, 0.25) is 0 Å². The minimum Gasteiger partial charge on any atom is -0.480 e. The second-order valence-electron chi connectivity index (χ2n) is 6.71. The van der Waals surface area contributed by atoms with Crippen LogP contribution in [0.4, 0.5) is 0 Å². The van der Waals surface area contributed by atoms with Gasteiger partial charge in [0, 0.05) is 5.92 Å². The van der Waals surface area contributed by atoms with Crippen LogP contribution < -0.4 is 5.73 Å². The number of carboxylic acid groups (broad SMARTS) is 1. The smallest absolute Gasteiger partial charge is 0.323 e. The van der Waals surface area contributed by atoms with Crippen LogP contribution in [0.15, 0.2) is 11.8 Å². The van der Waals surface area contributed by atoms with Gasteiger partial charge < -0.3 is 10.8 Å². The molecule has 3 N–H and O–H groups in total. The molecule has 0 heterocycles. The third kappa shape index (κ3) is 3.96. The Morgan fingerprint density at radius 1 is 1.29 bits per heavy atom. The van der Waals surface area contributed by atoms with Crippen LogP contribution in [0.1, 0.15) is 34.6 Å². The monoisotopic (exact) mass is 257 g/mol. The van der Waals surface area contributed by atoms with Crippen molar-refractivity contribution < 1.29 is 9.90 Å². The highest BCUT2D eigenvalue weighted by Crippen LogP contribution is 2.37. The van der Waals surface area contributed by atoms with Crippen molar-refractivity contribution in [2.24, 2.45) is 11.7 Å². The summed E-state index contributed by atoms with van der Waals surface area (Å²) < 4.78 is 0. The predicted octanol–water partition coefficient (Wildman–Crippen LogP) is 3.03. The average molecular weight is 257 g/mol. The van der Waals surface area contributed by atoms with E-state index in [2.05, 4.69) is 39.6 Å². The second kappa shape index (κ2) is 4.94. The Morgan fingerprint density at radius 3 is 2.00 bits per heavy atom. The van der Waals surface area contributed by atoms with Crippen LogP contribution in [0.5, 0.6) is 0 Å². The molecule has 0 aliphatic rings. The molecular formula is C13H27NO2Si. The molecule has 2 atom stereocenters. The molecule has 0 saturated carbocycles. The van der Waals surface area contributed by atoms with E-state index in [0.717, 1.165) is 0 Å². The first-order valence-electron chi connectivity index (χ1n) is 6.04. The van der Waals surface area contributed by atoms with E-state index in [9.17, 15) is 4.79 Å². The van der Waals surface area contributed by atoms with Crippen molar-refractivity contribution in [3.8, 4) is 0 Å². The zero-order chi connectivity index (χ0) is 14.1. The molecule has 3 nitrogen and oxygen atoms in total. The number of aliphatic carboxylic acids is 1. The van der Waals surface area contributed by atoms with Crippen LogP contribution in [0.2, 0.25) is 18.1 Å². The molecule has 0 rings (SSSR count). The summed E-state index contributed by atoms with van der Waals surface area (Å²) in [5.74, 6) is -1.13. The lowest BCUT2D eigenvalue weighted by Gasteiger charge is -2.35. The average Bonchev–Trinajstić information content (AvgIpc) is 2.11. The molecule has 4 heteroatoms. The molecule has 0 unspecified atom stereocenters. The molecule has 0 bridgehead atoms. The molecule has 0 aromatic carbocycles. The highest BCUT2D eigenvalue weighted by atomic mass is 28.3. The maximum Gasteiger partial charge on any atom is 0.323 e. The summed E-state index contributed by atoms with van der Waals surface area (Å²) in [6.07, 6.45) is 1.98. The van der Waals surface area contributed by atoms with E-state index in [0.29, 0.717) is 0 Å². The van der Waals surface area contributed by atoms with Gasteiger partial charge >= 0.3 is 5.97 Å². The van der Waals surface area contributed by atoms with Gasteiger partial charge in [0.1, 0.15) is 5.54 Å². The zero-order valence-electron chi connectivity index (χ0n) is 12.2. The molecular weight excluding hydrogens is 230 g/mol. The van der Waals surface area contributed by atoms with Crippen molar-refractivity contribution in [3.05, 3.63) is 11.8 Å². The topological polar surface area (TPSA) is 63.3 Å². The summed E-state index contributed by atoms with van der Waals surface area (Å²) in [7, 11) is -1.51. The minimum atomic E-state index is -1.51. The van der Waals surface area contributed by atoms with Gasteiger partial charge in [0.25, 0.3) is 0 Å². The zero-order valence-corrected chi connectivity index (χ0v) is 13.2. The maximum absolute atomic E-state index is 11.0. The quantitative estimate of drug-likeness (QED) is 0.761. The number of nitrogens with two attached hydrogens (primary N) is 1. The fourth-order valence-corrected chi connectivity index (χ4v) is 2.30. The molecule has 17 heavy (non-hydrogen) atoms. The van der Waals surface area contributed by atoms with Gasteiger partial charge in [-0.3, -0.25) is 4.79 Å². The highest BCUT2D eigenvalue weighted by molar-refractivity contribution is 6.84. The summed E-state index contributed by atoms with van der Waals surface area (Å²) in [6, 6.07) is 0. The standard InChI is InChI=1S/C13H27NO2Si/c1-10(13(5,14)11(15)16)8-9-17(6,7)12(2,3)4/h8-10H,14H2,1-7H3,(H,15,16)/b9-8+/t10-,13+/m1/s1. The summed E-state index contributed by atoms with van der Waals surface area (Å²) >= 11 is 0. The Balaban J connectivity index is 4.93. The van der Waals surface area contributed by atoms with Crippen molar-refractivity contribution in [2.75, 3.05) is 0 Å². The molecule has 0 fully saturated rings. The van der Waals surface area contributed by atoms with Crippen molar-refractivity contribution in [3.63, 3.8) is 0 Å². The first kappa shape index (κ1) is 16.4. The molecule has 0 saturated heterocycles. The second-order valence-corrected chi connectivity index (χ2v) is 12.0. The van der Waals surface area contributed by atoms with Crippen LogP contribution in [0, 0.1) is 5.92 Å². The third-order valence-electron chi connectivity index (χ3n) is 4.14. The number of carboxylic acids is 1. The minimum absolute atomic E-state index is 0.172. The molecule has 0 spiro atoms. The van der Waals surface area contributed by atoms with Crippen LogP contribution in [0.25, 0.3) is 0 Å². The first-order chi connectivity index (χ1) is 7.32. The Hall–Kier alpha value is -0.613. The number of carbonyl (C=O) groups is 1. The van der Waals surface area contributed by atoms with E-state index in [1.54, 1.807) is 6.92 Å². The van der Waals surface area contributed by atoms with Gasteiger partial charge in [-0.2, -0.15) is 0 Å². The number of hydrogen-bond acceptors (Lipinski definition) is 2. The Labute approximate surface area is 106 Å². The summed E-state index contributed by atoms with van der Waals surface area (Å²) in [5, 5.41) is 9.31. The Kier molecular flexibility index (Phi) is 4.76. The number of rotatable bonds is 4. The third-order valence-corrected chi connectivity index (χ3v) is 9.03. The molecule has 100 valence electrons. The fraction of sp³-hybridized carbons (Fsp3) is 0.769. The lowest BCUT2D eigenvalue weighted by atomic mass is 9.88. The molecule has 0 radical (unpaired) electrons. The van der Waals surface area contributed by atoms with E-state index in [1.807, 2.05) is 13.0 Å². The predicted molar refractivity (Wildman–Crippen MR) is 75.7 cm³/mol. The van der Waals surface area contributed by atoms with E-state index < -0.39 is 19.6 Å². The van der Waals surface area contributed by atoms with Gasteiger partial charge in [0.05, 0.1) is 8.07 Å². The summed E-state index contributed by atoms with van der Waals surface area (Å²) in [6.45, 7) is 14.7. The van der Waals surface area contributed by atoms with Crippen LogP contribution >= 0.6 is 0 Å². The Morgan fingerprint density at radius 2 is 1.71 bits per heavy atom. The van der Waals surface area contributed by atoms with Crippen molar-refractivity contribution in [1.82, 2.24) is 0 Å². The SMILES string of the molecule is C[C@H](/C=C/[Si](C)(C)C(C)(C)C)[C@](C)(N)C(=O)O. The van der Waals surface area contributed by atoms with Crippen molar-refractivity contribution in [2.45, 2.75) is 58.3 Å². The van der Waals surface area contributed by atoms with Gasteiger partial charge in [-0.05, 0) is 12.0 Å².